The Labute approximate surface area is 227 Å². The number of rotatable bonds is 6. The molecule has 1 aliphatic carbocycles. The second-order valence-electron chi connectivity index (χ2n) is 8.89. The van der Waals surface area contributed by atoms with E-state index in [2.05, 4.69) is 15.7 Å². The van der Waals surface area contributed by atoms with Crippen LogP contribution in [-0.2, 0) is 23.6 Å². The molecule has 1 unspecified atom stereocenters. The summed E-state index contributed by atoms with van der Waals surface area (Å²) in [5.41, 5.74) is 5.29. The number of hydrogen-bond donors (Lipinski definition) is 3. The van der Waals surface area contributed by atoms with Gasteiger partial charge in [0.15, 0.2) is 5.69 Å². The quantitative estimate of drug-likeness (QED) is 0.322. The fourth-order valence-electron chi connectivity index (χ4n) is 4.58. The summed E-state index contributed by atoms with van der Waals surface area (Å²) in [7, 11) is -1.26. The van der Waals surface area contributed by atoms with Crippen molar-refractivity contribution in [3.8, 4) is 22.7 Å². The third-order valence-electron chi connectivity index (χ3n) is 6.41. The number of amides is 2. The molecule has 0 fully saturated rings. The molecule has 0 saturated heterocycles. The van der Waals surface area contributed by atoms with Crippen molar-refractivity contribution in [3.63, 3.8) is 0 Å². The van der Waals surface area contributed by atoms with Crippen molar-refractivity contribution in [1.29, 1.82) is 0 Å². The van der Waals surface area contributed by atoms with E-state index in [1.807, 2.05) is 25.1 Å². The van der Waals surface area contributed by atoms with Crippen molar-refractivity contribution in [2.24, 2.45) is 0 Å². The normalized spacial score (nSPS) is 12.8. The highest BCUT2D eigenvalue weighted by Crippen LogP contribution is 2.38. The number of aromatic nitrogens is 2. The molecule has 3 aromatic carbocycles. The maximum Gasteiger partial charge on any atom is 0.272 e. The Bertz CT molecular complexity index is 1600. The van der Waals surface area contributed by atoms with E-state index in [0.29, 0.717) is 41.4 Å². The number of anilines is 1. The summed E-state index contributed by atoms with van der Waals surface area (Å²) in [6.07, 6.45) is 2.88. The first-order valence-electron chi connectivity index (χ1n) is 12.0. The van der Waals surface area contributed by atoms with Crippen LogP contribution in [-0.4, -0.2) is 43.7 Å². The number of benzene rings is 3. The lowest BCUT2D eigenvalue weighted by atomic mass is 9.88. The van der Waals surface area contributed by atoms with Gasteiger partial charge in [-0.05, 0) is 79.9 Å². The molecule has 1 atom stereocenters. The number of carbonyl (C=O) groups excluding carboxylic acids is 2. The van der Waals surface area contributed by atoms with Crippen molar-refractivity contribution in [2.45, 2.75) is 24.7 Å². The van der Waals surface area contributed by atoms with Crippen LogP contribution in [0.15, 0.2) is 65.6 Å². The van der Waals surface area contributed by atoms with E-state index in [1.54, 1.807) is 41.1 Å². The molecule has 4 aromatic rings. The molecule has 0 aliphatic heterocycles. The number of phenols is 1. The Morgan fingerprint density at radius 1 is 1.05 bits per heavy atom. The van der Waals surface area contributed by atoms with Gasteiger partial charge in [0, 0.05) is 45.3 Å². The number of hydrogen-bond acceptors (Lipinski definition) is 5. The molecular weight excluding hydrogens is 524 g/mol. The van der Waals surface area contributed by atoms with Gasteiger partial charge in [0.2, 0.25) is 0 Å². The average Bonchev–Trinajstić information content (AvgIpc) is 3.29. The van der Waals surface area contributed by atoms with Crippen LogP contribution < -0.4 is 10.6 Å². The van der Waals surface area contributed by atoms with Gasteiger partial charge in [0.1, 0.15) is 5.75 Å². The Hall–Kier alpha value is -3.95. The molecule has 1 aromatic heterocycles. The highest BCUT2D eigenvalue weighted by atomic mass is 35.5. The van der Waals surface area contributed by atoms with E-state index in [0.717, 1.165) is 22.4 Å². The fourth-order valence-corrected chi connectivity index (χ4v) is 5.33. The van der Waals surface area contributed by atoms with E-state index in [-0.39, 0.29) is 22.2 Å². The second kappa shape index (κ2) is 10.4. The van der Waals surface area contributed by atoms with E-state index in [4.69, 9.17) is 11.6 Å². The van der Waals surface area contributed by atoms with Crippen LogP contribution in [0.2, 0.25) is 5.02 Å². The van der Waals surface area contributed by atoms with Crippen LogP contribution in [0.3, 0.4) is 0 Å². The minimum absolute atomic E-state index is 0.124. The summed E-state index contributed by atoms with van der Waals surface area (Å²) in [5, 5.41) is 20.5. The van der Waals surface area contributed by atoms with E-state index in [1.165, 1.54) is 12.3 Å². The number of carbonyl (C=O) groups is 2. The third-order valence-corrected chi connectivity index (χ3v) is 7.66. The molecule has 2 amide bonds. The molecule has 0 bridgehead atoms. The highest BCUT2D eigenvalue weighted by Gasteiger charge is 2.29. The molecule has 38 heavy (non-hydrogen) atoms. The molecule has 0 saturated carbocycles. The smallest absolute Gasteiger partial charge is 0.272 e. The minimum Gasteiger partial charge on any atom is -0.508 e. The summed E-state index contributed by atoms with van der Waals surface area (Å²) in [6.45, 7) is 2.33. The summed E-state index contributed by atoms with van der Waals surface area (Å²) >= 11 is 6.28. The standard InChI is InChI=1S/C28H25ClN4O4S/c1-3-30-28(36)25-21-12-5-16-4-6-17(31-27(35)23-15-20(38(2)37)11-13-24(23)29)14-22(16)26(21)33(32-25)18-7-9-19(34)10-8-18/h4,6-11,13-15,34H,3,5,12H2,1-2H3,(H,30,36)(H,31,35). The van der Waals surface area contributed by atoms with Gasteiger partial charge in [-0.15, -0.1) is 0 Å². The molecule has 0 spiro atoms. The highest BCUT2D eigenvalue weighted by molar-refractivity contribution is 7.84. The molecule has 10 heteroatoms. The lowest BCUT2D eigenvalue weighted by Crippen LogP contribution is -2.24. The van der Waals surface area contributed by atoms with Crippen molar-refractivity contribution >= 4 is 39.9 Å². The van der Waals surface area contributed by atoms with Crippen molar-refractivity contribution in [3.05, 3.63) is 88.1 Å². The lowest BCUT2D eigenvalue weighted by molar-refractivity contribution is 0.0948. The predicted octanol–water partition coefficient (Wildman–Crippen LogP) is 4.74. The molecule has 3 N–H and O–H groups in total. The first-order chi connectivity index (χ1) is 18.3. The average molecular weight is 549 g/mol. The number of fused-ring (bicyclic) bond motifs is 3. The summed E-state index contributed by atoms with van der Waals surface area (Å²) in [4.78, 5) is 26.5. The lowest BCUT2D eigenvalue weighted by Gasteiger charge is -2.20. The summed E-state index contributed by atoms with van der Waals surface area (Å²) < 4.78 is 13.6. The third kappa shape index (κ3) is 4.82. The van der Waals surface area contributed by atoms with Gasteiger partial charge < -0.3 is 15.7 Å². The molecule has 0 radical (unpaired) electrons. The van der Waals surface area contributed by atoms with Crippen LogP contribution in [0.4, 0.5) is 5.69 Å². The zero-order valence-electron chi connectivity index (χ0n) is 20.7. The van der Waals surface area contributed by atoms with Crippen LogP contribution >= 0.6 is 11.6 Å². The van der Waals surface area contributed by atoms with Gasteiger partial charge in [-0.2, -0.15) is 5.10 Å². The zero-order chi connectivity index (χ0) is 27.0. The van der Waals surface area contributed by atoms with E-state index < -0.39 is 16.7 Å². The first kappa shape index (κ1) is 25.7. The predicted molar refractivity (Wildman–Crippen MR) is 148 cm³/mol. The maximum absolute atomic E-state index is 13.1. The zero-order valence-corrected chi connectivity index (χ0v) is 22.3. The van der Waals surface area contributed by atoms with Crippen LogP contribution in [0, 0.1) is 0 Å². The van der Waals surface area contributed by atoms with Gasteiger partial charge in [-0.3, -0.25) is 13.8 Å². The Balaban J connectivity index is 1.58. The molecule has 1 aliphatic rings. The SMILES string of the molecule is CCNC(=O)c1nn(-c2ccc(O)cc2)c2c1CCc1ccc(NC(=O)c3cc(S(C)=O)ccc3Cl)cc1-2. The number of halogens is 1. The Morgan fingerprint density at radius 3 is 2.53 bits per heavy atom. The molecular formula is C28H25ClN4O4S. The number of aryl methyl sites for hydroxylation is 1. The van der Waals surface area contributed by atoms with Crippen molar-refractivity contribution in [2.75, 3.05) is 18.1 Å². The Morgan fingerprint density at radius 2 is 1.82 bits per heavy atom. The molecule has 1 heterocycles. The van der Waals surface area contributed by atoms with Gasteiger partial charge in [0.25, 0.3) is 11.8 Å². The van der Waals surface area contributed by atoms with Gasteiger partial charge >= 0.3 is 0 Å². The number of aromatic hydroxyl groups is 1. The van der Waals surface area contributed by atoms with Gasteiger partial charge in [0.05, 0.1) is 22.0 Å². The number of nitrogens with zero attached hydrogens (tertiary/aromatic N) is 2. The first-order valence-corrected chi connectivity index (χ1v) is 14.0. The monoisotopic (exact) mass is 548 g/mol. The largest absolute Gasteiger partial charge is 0.508 e. The van der Waals surface area contributed by atoms with Crippen LogP contribution in [0.5, 0.6) is 5.75 Å². The summed E-state index contributed by atoms with van der Waals surface area (Å²) in [5.74, 6) is -0.552. The second-order valence-corrected chi connectivity index (χ2v) is 10.7. The van der Waals surface area contributed by atoms with Crippen LogP contribution in [0.1, 0.15) is 38.9 Å². The number of phenolic OH excluding ortho intramolecular Hbond substituents is 1. The topological polar surface area (TPSA) is 113 Å². The molecule has 8 nitrogen and oxygen atoms in total. The molecule has 194 valence electrons. The van der Waals surface area contributed by atoms with Gasteiger partial charge in [-0.1, -0.05) is 17.7 Å². The molecule has 5 rings (SSSR count). The summed E-state index contributed by atoms with van der Waals surface area (Å²) in [6, 6.07) is 17.0. The number of nitrogens with one attached hydrogen (secondary N) is 2. The Kier molecular flexibility index (Phi) is 7.05. The fraction of sp³-hybridized carbons (Fsp3) is 0.179. The van der Waals surface area contributed by atoms with Gasteiger partial charge in [-0.25, -0.2) is 4.68 Å². The van der Waals surface area contributed by atoms with Crippen LogP contribution in [0.25, 0.3) is 16.9 Å². The minimum atomic E-state index is -1.26. The van der Waals surface area contributed by atoms with E-state index in [9.17, 15) is 18.9 Å². The maximum atomic E-state index is 13.1. The van der Waals surface area contributed by atoms with Crippen molar-refractivity contribution in [1.82, 2.24) is 15.1 Å². The van der Waals surface area contributed by atoms with Crippen molar-refractivity contribution < 1.29 is 18.9 Å². The van der Waals surface area contributed by atoms with E-state index >= 15 is 0 Å².